The molecule has 216 valence electrons. The van der Waals surface area contributed by atoms with E-state index in [1.165, 1.54) is 12.1 Å². The molecule has 2 amide bonds. The van der Waals surface area contributed by atoms with Crippen LogP contribution >= 0.6 is 0 Å². The van der Waals surface area contributed by atoms with E-state index in [9.17, 15) is 27.9 Å². The normalized spacial score (nSPS) is 23.6. The number of fused-ring (bicyclic) bond motifs is 1. The van der Waals surface area contributed by atoms with Gasteiger partial charge in [0, 0.05) is 43.6 Å². The summed E-state index contributed by atoms with van der Waals surface area (Å²) in [4.78, 5) is 30.8. The zero-order chi connectivity index (χ0) is 29.5. The van der Waals surface area contributed by atoms with Crippen molar-refractivity contribution < 1.29 is 27.9 Å². The van der Waals surface area contributed by atoms with Crippen molar-refractivity contribution in [3.8, 4) is 0 Å². The third-order valence-electron chi connectivity index (χ3n) is 8.56. The molecule has 0 spiro atoms. The van der Waals surface area contributed by atoms with Crippen LogP contribution in [0.15, 0.2) is 85.1 Å². The van der Waals surface area contributed by atoms with E-state index < -0.39 is 23.3 Å². The first-order chi connectivity index (χ1) is 20.1. The van der Waals surface area contributed by atoms with Crippen LogP contribution < -0.4 is 5.32 Å². The number of aliphatic hydroxyl groups is 1. The second kappa shape index (κ2) is 11.0. The number of halogens is 3. The highest BCUT2D eigenvalue weighted by Crippen LogP contribution is 2.44. The summed E-state index contributed by atoms with van der Waals surface area (Å²) < 4.78 is 39.1. The number of carbonyl (C=O) groups is 2. The summed E-state index contributed by atoms with van der Waals surface area (Å²) in [6.45, 7) is 1.52. The van der Waals surface area contributed by atoms with Crippen LogP contribution in [0.1, 0.15) is 58.9 Å². The second-order valence-electron chi connectivity index (χ2n) is 11.2. The number of imide groups is 1. The fourth-order valence-corrected chi connectivity index (χ4v) is 6.24. The summed E-state index contributed by atoms with van der Waals surface area (Å²) in [5.41, 5.74) is 2.05. The van der Waals surface area contributed by atoms with Gasteiger partial charge < -0.3 is 5.11 Å². The molecule has 2 fully saturated rings. The highest BCUT2D eigenvalue weighted by atomic mass is 19.4. The number of nitrogens with one attached hydrogen (secondary N) is 1. The molecule has 3 unspecified atom stereocenters. The predicted octanol–water partition coefficient (Wildman–Crippen LogP) is 5.65. The lowest BCUT2D eigenvalue weighted by Crippen LogP contribution is -2.48. The van der Waals surface area contributed by atoms with Crippen molar-refractivity contribution in [3.63, 3.8) is 0 Å². The van der Waals surface area contributed by atoms with Crippen molar-refractivity contribution in [3.05, 3.63) is 113 Å². The van der Waals surface area contributed by atoms with Gasteiger partial charge in [-0.3, -0.25) is 24.8 Å². The van der Waals surface area contributed by atoms with Crippen LogP contribution in [0.5, 0.6) is 0 Å². The van der Waals surface area contributed by atoms with Crippen molar-refractivity contribution >= 4 is 22.7 Å². The van der Waals surface area contributed by atoms with Crippen molar-refractivity contribution in [2.45, 2.75) is 49.4 Å². The number of aromatic nitrogens is 1. The molecule has 3 atom stereocenters. The molecule has 42 heavy (non-hydrogen) atoms. The summed E-state index contributed by atoms with van der Waals surface area (Å²) in [7, 11) is 0. The molecule has 2 aliphatic heterocycles. The molecule has 2 saturated heterocycles. The lowest BCUT2D eigenvalue weighted by atomic mass is 9.72. The first-order valence-electron chi connectivity index (χ1n) is 14.0. The monoisotopic (exact) mass is 573 g/mol. The molecule has 6 rings (SSSR count). The van der Waals surface area contributed by atoms with Crippen LogP contribution in [-0.2, 0) is 27.9 Å². The van der Waals surface area contributed by atoms with Crippen LogP contribution in [-0.4, -0.2) is 39.9 Å². The number of carbonyl (C=O) groups excluding carboxylic acids is 2. The molecule has 6 nitrogen and oxygen atoms in total. The molecule has 9 heteroatoms. The Morgan fingerprint density at radius 1 is 0.976 bits per heavy atom. The summed E-state index contributed by atoms with van der Waals surface area (Å²) in [5, 5.41) is 15.5. The fraction of sp³-hybridized carbons (Fsp3) is 0.303. The average molecular weight is 574 g/mol. The molecule has 0 saturated carbocycles. The number of benzene rings is 3. The van der Waals surface area contributed by atoms with Gasteiger partial charge in [0.1, 0.15) is 0 Å². The third-order valence-corrected chi connectivity index (χ3v) is 8.56. The lowest BCUT2D eigenvalue weighted by Gasteiger charge is -2.45. The first-order valence-corrected chi connectivity index (χ1v) is 14.0. The molecule has 3 heterocycles. The number of nitrogens with zero attached hydrogens (tertiary/aromatic N) is 2. The Kier molecular flexibility index (Phi) is 7.32. The van der Waals surface area contributed by atoms with Crippen LogP contribution in [0.4, 0.5) is 13.2 Å². The standard InChI is InChI=1S/C33H30F3N3O3/c34-33(35,36)25-8-6-21(7-9-25)19-39-15-14-32(42,28(20-39)22-4-2-1-3-5-22)26-10-12-29-23(17-26)16-24(18-37-29)27-11-13-30(40)38-31(27)41/h1-10,12,16-18,27-28,42H,11,13-15,19-20H2,(H,38,40,41). The van der Waals surface area contributed by atoms with E-state index in [1.54, 1.807) is 6.20 Å². The lowest BCUT2D eigenvalue weighted by molar-refractivity contribution is -0.138. The van der Waals surface area contributed by atoms with E-state index in [0.29, 0.717) is 32.5 Å². The summed E-state index contributed by atoms with van der Waals surface area (Å²) in [6.07, 6.45) is -1.60. The van der Waals surface area contributed by atoms with Gasteiger partial charge in [-0.05, 0) is 65.4 Å². The SMILES string of the molecule is O=C1CCC(c2cnc3ccc(C4(O)CCN(Cc5ccc(C(F)(F)F)cc5)CC4c4ccccc4)cc3c2)C(=O)N1. The minimum atomic E-state index is -4.38. The summed E-state index contributed by atoms with van der Waals surface area (Å²) in [6, 6.07) is 22.6. The maximum atomic E-state index is 13.0. The number of hydrogen-bond acceptors (Lipinski definition) is 5. The quantitative estimate of drug-likeness (QED) is 0.302. The number of alkyl halides is 3. The van der Waals surface area contributed by atoms with E-state index in [0.717, 1.165) is 45.3 Å². The molecule has 0 radical (unpaired) electrons. The zero-order valence-corrected chi connectivity index (χ0v) is 22.8. The fourth-order valence-electron chi connectivity index (χ4n) is 6.24. The molecular formula is C33H30F3N3O3. The molecular weight excluding hydrogens is 543 g/mol. The van der Waals surface area contributed by atoms with Crippen molar-refractivity contribution in [1.29, 1.82) is 0 Å². The summed E-state index contributed by atoms with van der Waals surface area (Å²) in [5.74, 6) is -1.36. The van der Waals surface area contributed by atoms with E-state index in [-0.39, 0.29) is 24.2 Å². The van der Waals surface area contributed by atoms with Gasteiger partial charge in [-0.25, -0.2) is 0 Å². The number of amides is 2. The smallest absolute Gasteiger partial charge is 0.384 e. The van der Waals surface area contributed by atoms with Crippen LogP contribution in [0.2, 0.25) is 0 Å². The van der Waals surface area contributed by atoms with Crippen LogP contribution in [0.3, 0.4) is 0 Å². The van der Waals surface area contributed by atoms with Gasteiger partial charge in [0.2, 0.25) is 11.8 Å². The van der Waals surface area contributed by atoms with E-state index in [4.69, 9.17) is 0 Å². The van der Waals surface area contributed by atoms with E-state index in [1.807, 2.05) is 54.6 Å². The maximum absolute atomic E-state index is 13.0. The largest absolute Gasteiger partial charge is 0.416 e. The minimum Gasteiger partial charge on any atom is -0.384 e. The van der Waals surface area contributed by atoms with Gasteiger partial charge in [0.15, 0.2) is 0 Å². The first kappa shape index (κ1) is 28.1. The Labute approximate surface area is 241 Å². The Hall–Kier alpha value is -4.08. The number of rotatable bonds is 5. The molecule has 3 aromatic carbocycles. The molecule has 2 aliphatic rings. The molecule has 0 aliphatic carbocycles. The number of hydrogen-bond donors (Lipinski definition) is 2. The van der Waals surface area contributed by atoms with Gasteiger partial charge >= 0.3 is 6.18 Å². The van der Waals surface area contributed by atoms with Gasteiger partial charge in [-0.15, -0.1) is 0 Å². The highest BCUT2D eigenvalue weighted by molar-refractivity contribution is 6.01. The topological polar surface area (TPSA) is 82.5 Å². The molecule has 0 bridgehead atoms. The Balaban J connectivity index is 1.30. The van der Waals surface area contributed by atoms with Gasteiger partial charge in [-0.1, -0.05) is 48.5 Å². The average Bonchev–Trinajstić information content (AvgIpc) is 2.98. The Morgan fingerprint density at radius 3 is 2.45 bits per heavy atom. The van der Waals surface area contributed by atoms with Crippen LogP contribution in [0.25, 0.3) is 10.9 Å². The van der Waals surface area contributed by atoms with E-state index in [2.05, 4.69) is 15.2 Å². The second-order valence-corrected chi connectivity index (χ2v) is 11.2. The molecule has 2 N–H and O–H groups in total. The Morgan fingerprint density at radius 2 is 1.74 bits per heavy atom. The van der Waals surface area contributed by atoms with Gasteiger partial charge in [0.25, 0.3) is 0 Å². The van der Waals surface area contributed by atoms with Gasteiger partial charge in [-0.2, -0.15) is 13.2 Å². The van der Waals surface area contributed by atoms with Crippen molar-refractivity contribution in [2.75, 3.05) is 13.1 Å². The highest BCUT2D eigenvalue weighted by Gasteiger charge is 2.44. The minimum absolute atomic E-state index is 0.272. The predicted molar refractivity (Wildman–Crippen MR) is 151 cm³/mol. The molecule has 1 aromatic heterocycles. The maximum Gasteiger partial charge on any atom is 0.416 e. The number of pyridine rings is 1. The zero-order valence-electron chi connectivity index (χ0n) is 22.8. The third kappa shape index (κ3) is 5.54. The van der Waals surface area contributed by atoms with E-state index >= 15 is 0 Å². The van der Waals surface area contributed by atoms with Crippen molar-refractivity contribution in [2.24, 2.45) is 0 Å². The Bertz CT molecular complexity index is 1620. The molecule has 4 aromatic rings. The number of piperidine rings is 2. The summed E-state index contributed by atoms with van der Waals surface area (Å²) >= 11 is 0. The number of likely N-dealkylation sites (tertiary alicyclic amines) is 1. The van der Waals surface area contributed by atoms with Gasteiger partial charge in [0.05, 0.1) is 22.6 Å². The van der Waals surface area contributed by atoms with Crippen molar-refractivity contribution in [1.82, 2.24) is 15.2 Å². The van der Waals surface area contributed by atoms with Crippen LogP contribution in [0, 0.1) is 0 Å².